The molecule has 0 bridgehead atoms. The second kappa shape index (κ2) is 5.34. The summed E-state index contributed by atoms with van der Waals surface area (Å²) < 4.78 is 13.0. The Hall–Kier alpha value is -1.82. The van der Waals surface area contributed by atoms with Crippen LogP contribution in [-0.4, -0.2) is 52.2 Å². The normalized spacial score (nSPS) is 26.5. The van der Waals surface area contributed by atoms with Gasteiger partial charge in [-0.2, -0.15) is 5.10 Å². The van der Waals surface area contributed by atoms with Crippen LogP contribution in [0.15, 0.2) is 12.3 Å². The summed E-state index contributed by atoms with van der Waals surface area (Å²) in [5, 5.41) is 4.56. The SMILES string of the molecule is Cc1cnn(C2COC2)c1C1=CCN(C(=O)OC(C)(C)C)[C@H]2C[C@@H]12. The third-order valence-electron chi connectivity index (χ3n) is 4.91. The number of ether oxygens (including phenoxy) is 2. The minimum absolute atomic E-state index is 0.206. The third-order valence-corrected chi connectivity index (χ3v) is 4.91. The number of rotatable bonds is 2. The van der Waals surface area contributed by atoms with Gasteiger partial charge in [-0.25, -0.2) is 4.79 Å². The quantitative estimate of drug-likeness (QED) is 0.836. The number of carbonyl (C=O) groups excluding carboxylic acids is 1. The molecule has 6 nitrogen and oxygen atoms in total. The van der Waals surface area contributed by atoms with Crippen molar-refractivity contribution in [3.8, 4) is 0 Å². The van der Waals surface area contributed by atoms with Gasteiger partial charge in [0, 0.05) is 18.5 Å². The fourth-order valence-electron chi connectivity index (χ4n) is 3.60. The highest BCUT2D eigenvalue weighted by Gasteiger charge is 2.50. The first-order valence-electron chi connectivity index (χ1n) is 8.67. The van der Waals surface area contributed by atoms with E-state index < -0.39 is 5.60 Å². The van der Waals surface area contributed by atoms with E-state index >= 15 is 0 Å². The minimum Gasteiger partial charge on any atom is -0.444 e. The third kappa shape index (κ3) is 2.62. The zero-order valence-corrected chi connectivity index (χ0v) is 14.8. The largest absolute Gasteiger partial charge is 0.444 e. The molecule has 0 unspecified atom stereocenters. The average molecular weight is 331 g/mol. The van der Waals surface area contributed by atoms with E-state index in [0.29, 0.717) is 18.5 Å². The lowest BCUT2D eigenvalue weighted by atomic mass is 10.0. The van der Waals surface area contributed by atoms with E-state index in [-0.39, 0.29) is 12.1 Å². The number of hydrogen-bond acceptors (Lipinski definition) is 4. The molecule has 0 aromatic carbocycles. The number of nitrogens with zero attached hydrogens (tertiary/aromatic N) is 3. The van der Waals surface area contributed by atoms with Gasteiger partial charge >= 0.3 is 6.09 Å². The second-order valence-corrected chi connectivity index (χ2v) is 8.01. The maximum atomic E-state index is 12.4. The van der Waals surface area contributed by atoms with Gasteiger partial charge in [-0.3, -0.25) is 4.68 Å². The van der Waals surface area contributed by atoms with Gasteiger partial charge in [0.05, 0.1) is 31.1 Å². The Bertz CT molecular complexity index is 697. The predicted molar refractivity (Wildman–Crippen MR) is 89.6 cm³/mol. The first-order chi connectivity index (χ1) is 11.3. The lowest BCUT2D eigenvalue weighted by molar-refractivity contribution is -0.0290. The highest BCUT2D eigenvalue weighted by atomic mass is 16.6. The second-order valence-electron chi connectivity index (χ2n) is 8.01. The van der Waals surface area contributed by atoms with Crippen molar-refractivity contribution < 1.29 is 14.3 Å². The number of hydrogen-bond donors (Lipinski definition) is 0. The fourth-order valence-corrected chi connectivity index (χ4v) is 3.60. The summed E-state index contributed by atoms with van der Waals surface area (Å²) in [6.45, 7) is 9.91. The van der Waals surface area contributed by atoms with Crippen molar-refractivity contribution in [1.82, 2.24) is 14.7 Å². The van der Waals surface area contributed by atoms with Crippen LogP contribution >= 0.6 is 0 Å². The van der Waals surface area contributed by atoms with E-state index in [2.05, 4.69) is 22.8 Å². The maximum absolute atomic E-state index is 12.4. The van der Waals surface area contributed by atoms with Crippen LogP contribution < -0.4 is 0 Å². The summed E-state index contributed by atoms with van der Waals surface area (Å²) in [5.74, 6) is 0.404. The Labute approximate surface area is 142 Å². The molecule has 4 rings (SSSR count). The van der Waals surface area contributed by atoms with Crippen molar-refractivity contribution >= 4 is 11.7 Å². The minimum atomic E-state index is -0.453. The molecule has 3 heterocycles. The average Bonchev–Trinajstić information content (AvgIpc) is 3.13. The number of carbonyl (C=O) groups is 1. The lowest BCUT2D eigenvalue weighted by Crippen LogP contribution is -2.40. The van der Waals surface area contributed by atoms with Crippen molar-refractivity contribution in [3.05, 3.63) is 23.5 Å². The molecule has 1 saturated heterocycles. The van der Waals surface area contributed by atoms with E-state index in [1.165, 1.54) is 16.8 Å². The molecule has 24 heavy (non-hydrogen) atoms. The summed E-state index contributed by atoms with van der Waals surface area (Å²) in [6, 6.07) is 0.607. The Morgan fingerprint density at radius 3 is 2.75 bits per heavy atom. The highest BCUT2D eigenvalue weighted by Crippen LogP contribution is 2.49. The number of aromatic nitrogens is 2. The molecule has 1 aromatic rings. The zero-order valence-electron chi connectivity index (χ0n) is 14.8. The van der Waals surface area contributed by atoms with Crippen LogP contribution in [0.3, 0.4) is 0 Å². The molecular weight excluding hydrogens is 306 g/mol. The van der Waals surface area contributed by atoms with Gasteiger partial charge in [-0.05, 0) is 45.3 Å². The highest BCUT2D eigenvalue weighted by molar-refractivity contribution is 5.77. The molecule has 0 spiro atoms. The van der Waals surface area contributed by atoms with Gasteiger partial charge in [-0.1, -0.05) is 6.08 Å². The van der Waals surface area contributed by atoms with Gasteiger partial charge in [0.15, 0.2) is 0 Å². The number of fused-ring (bicyclic) bond motifs is 1. The monoisotopic (exact) mass is 331 g/mol. The summed E-state index contributed by atoms with van der Waals surface area (Å²) in [6.07, 6.45) is 4.92. The molecule has 2 aliphatic heterocycles. The van der Waals surface area contributed by atoms with Crippen LogP contribution in [-0.2, 0) is 9.47 Å². The molecule has 3 aliphatic rings. The van der Waals surface area contributed by atoms with Gasteiger partial charge in [0.2, 0.25) is 0 Å². The van der Waals surface area contributed by atoms with Gasteiger partial charge < -0.3 is 14.4 Å². The van der Waals surface area contributed by atoms with Crippen molar-refractivity contribution in [2.45, 2.75) is 51.8 Å². The van der Waals surface area contributed by atoms with Gasteiger partial charge in [0.25, 0.3) is 0 Å². The number of aryl methyl sites for hydroxylation is 1. The first kappa shape index (κ1) is 15.7. The Morgan fingerprint density at radius 2 is 2.12 bits per heavy atom. The molecule has 2 atom stereocenters. The predicted octanol–water partition coefficient (Wildman–Crippen LogP) is 2.79. The smallest absolute Gasteiger partial charge is 0.410 e. The van der Waals surface area contributed by atoms with Crippen LogP contribution in [0.4, 0.5) is 4.79 Å². The number of amides is 1. The topological polar surface area (TPSA) is 56.6 Å². The van der Waals surface area contributed by atoms with E-state index in [9.17, 15) is 4.79 Å². The molecule has 1 aromatic heterocycles. The molecular formula is C18H25N3O3. The molecule has 0 radical (unpaired) electrons. The van der Waals surface area contributed by atoms with Crippen LogP contribution in [0.1, 0.15) is 44.5 Å². The molecule has 1 amide bonds. The first-order valence-corrected chi connectivity index (χ1v) is 8.67. The standard InChI is InChI=1S/C18H25N3O3/c1-11-8-19-21(12-9-23-10-12)16(11)13-5-6-20(15-7-14(13)15)17(22)24-18(2,3)4/h5,8,12,14-15H,6-7,9-10H2,1-4H3/t14-,15-/m0/s1. The Balaban J connectivity index is 1.56. The summed E-state index contributed by atoms with van der Waals surface area (Å²) in [4.78, 5) is 14.2. The van der Waals surface area contributed by atoms with E-state index in [1.807, 2.05) is 31.9 Å². The molecule has 130 valence electrons. The molecule has 1 saturated carbocycles. The van der Waals surface area contributed by atoms with Crippen molar-refractivity contribution in [1.29, 1.82) is 0 Å². The molecule has 1 aliphatic carbocycles. The maximum Gasteiger partial charge on any atom is 0.410 e. The molecule has 2 fully saturated rings. The van der Waals surface area contributed by atoms with Crippen molar-refractivity contribution in [2.24, 2.45) is 5.92 Å². The fraction of sp³-hybridized carbons (Fsp3) is 0.667. The van der Waals surface area contributed by atoms with Crippen molar-refractivity contribution in [2.75, 3.05) is 19.8 Å². The summed E-state index contributed by atoms with van der Waals surface area (Å²) >= 11 is 0. The summed E-state index contributed by atoms with van der Waals surface area (Å²) in [5.41, 5.74) is 3.30. The Morgan fingerprint density at radius 1 is 1.38 bits per heavy atom. The van der Waals surface area contributed by atoms with Crippen molar-refractivity contribution in [3.63, 3.8) is 0 Å². The molecule has 0 N–H and O–H groups in total. The van der Waals surface area contributed by atoms with E-state index in [1.54, 1.807) is 0 Å². The van der Waals surface area contributed by atoms with Crippen LogP contribution in [0.25, 0.3) is 5.57 Å². The van der Waals surface area contributed by atoms with Crippen LogP contribution in [0.5, 0.6) is 0 Å². The van der Waals surface area contributed by atoms with Gasteiger partial charge in [0.1, 0.15) is 5.60 Å². The lowest BCUT2D eigenvalue weighted by Gasteiger charge is -2.31. The van der Waals surface area contributed by atoms with Gasteiger partial charge in [-0.15, -0.1) is 0 Å². The summed E-state index contributed by atoms with van der Waals surface area (Å²) in [7, 11) is 0. The van der Waals surface area contributed by atoms with E-state index in [0.717, 1.165) is 19.6 Å². The Kier molecular flexibility index (Phi) is 3.49. The van der Waals surface area contributed by atoms with Crippen LogP contribution in [0, 0.1) is 12.8 Å². The van der Waals surface area contributed by atoms with Crippen LogP contribution in [0.2, 0.25) is 0 Å². The molecule has 6 heteroatoms. The zero-order chi connectivity index (χ0) is 17.1. The van der Waals surface area contributed by atoms with E-state index in [4.69, 9.17) is 9.47 Å².